The molecule has 0 atom stereocenters. The molecule has 0 bridgehead atoms. The number of aromatic nitrogens is 1. The highest BCUT2D eigenvalue weighted by Gasteiger charge is 2.28. The van der Waals surface area contributed by atoms with E-state index in [1.54, 1.807) is 0 Å². The van der Waals surface area contributed by atoms with Crippen LogP contribution in [0.5, 0.6) is 0 Å². The first-order valence-electron chi connectivity index (χ1n) is 11.5. The van der Waals surface area contributed by atoms with Gasteiger partial charge in [0, 0.05) is 31.0 Å². The predicted molar refractivity (Wildman–Crippen MR) is 137 cm³/mol. The van der Waals surface area contributed by atoms with Gasteiger partial charge in [-0.2, -0.15) is 0 Å². The molecule has 1 fully saturated rings. The fourth-order valence-corrected chi connectivity index (χ4v) is 6.77. The zero-order chi connectivity index (χ0) is 22.2. The fraction of sp³-hybridized carbons (Fsp3) is 0.407. The number of nitrogens with zero attached hydrogens (tertiary/aromatic N) is 2. The molecule has 0 N–H and O–H groups in total. The quantitative estimate of drug-likeness (QED) is 0.360. The molecule has 1 saturated heterocycles. The number of hydrogen-bond acceptors (Lipinski definition) is 1. The Labute approximate surface area is 193 Å². The highest BCUT2D eigenvalue weighted by atomic mass is 35.5. The van der Waals surface area contributed by atoms with Gasteiger partial charge in [-0.05, 0) is 85.0 Å². The molecule has 1 aliphatic rings. The standard InChI is InChI=1S/C27H35ClN2Si/c1-20(2)22-8-12-26(13-9-22)30-21(3)24(19-29-14-16-31(4,5)17-15-29)18-27(30)23-6-10-25(28)11-7-23/h6-13,18,20H,14-17,19H2,1-5H3. The third-order valence-corrected chi connectivity index (χ3v) is 10.3. The smallest absolute Gasteiger partial charge is 0.0534 e. The molecule has 0 aliphatic carbocycles. The zero-order valence-electron chi connectivity index (χ0n) is 19.6. The van der Waals surface area contributed by atoms with Crippen molar-refractivity contribution < 1.29 is 0 Å². The molecule has 31 heavy (non-hydrogen) atoms. The largest absolute Gasteiger partial charge is 0.314 e. The summed E-state index contributed by atoms with van der Waals surface area (Å²) in [6.07, 6.45) is 0. The maximum atomic E-state index is 6.18. The van der Waals surface area contributed by atoms with Crippen molar-refractivity contribution in [2.45, 2.75) is 58.4 Å². The average molecular weight is 451 g/mol. The van der Waals surface area contributed by atoms with Crippen molar-refractivity contribution in [1.29, 1.82) is 0 Å². The molecular formula is C27H35ClN2Si. The lowest BCUT2D eigenvalue weighted by Crippen LogP contribution is -2.42. The fourth-order valence-electron chi connectivity index (χ4n) is 4.55. The molecule has 0 radical (unpaired) electrons. The van der Waals surface area contributed by atoms with Crippen LogP contribution < -0.4 is 0 Å². The van der Waals surface area contributed by atoms with Gasteiger partial charge in [0.2, 0.25) is 0 Å². The van der Waals surface area contributed by atoms with Crippen LogP contribution in [0.25, 0.3) is 16.9 Å². The zero-order valence-corrected chi connectivity index (χ0v) is 21.3. The Morgan fingerprint density at radius 1 is 0.935 bits per heavy atom. The summed E-state index contributed by atoms with van der Waals surface area (Å²) in [5.74, 6) is 0.540. The molecule has 0 spiro atoms. The van der Waals surface area contributed by atoms with E-state index in [2.05, 4.69) is 85.8 Å². The van der Waals surface area contributed by atoms with Gasteiger partial charge in [0.05, 0.1) is 5.69 Å². The monoisotopic (exact) mass is 450 g/mol. The van der Waals surface area contributed by atoms with Gasteiger partial charge in [0.15, 0.2) is 0 Å². The summed E-state index contributed by atoms with van der Waals surface area (Å²) in [5, 5.41) is 0.778. The minimum Gasteiger partial charge on any atom is -0.314 e. The van der Waals surface area contributed by atoms with Crippen LogP contribution in [-0.4, -0.2) is 30.6 Å². The van der Waals surface area contributed by atoms with Crippen molar-refractivity contribution in [2.75, 3.05) is 13.1 Å². The Kier molecular flexibility index (Phi) is 6.48. The molecule has 2 aromatic carbocycles. The normalized spacial score (nSPS) is 16.7. The van der Waals surface area contributed by atoms with E-state index in [9.17, 15) is 0 Å². The lowest BCUT2D eigenvalue weighted by molar-refractivity contribution is 0.281. The van der Waals surface area contributed by atoms with Crippen LogP contribution in [0.4, 0.5) is 0 Å². The molecule has 1 aromatic heterocycles. The topological polar surface area (TPSA) is 8.17 Å². The molecular weight excluding hydrogens is 416 g/mol. The van der Waals surface area contributed by atoms with E-state index in [1.165, 1.54) is 58.9 Å². The SMILES string of the molecule is Cc1c(CN2CC[Si](C)(C)CC2)cc(-c2ccc(Cl)cc2)n1-c1ccc(C(C)C)cc1. The number of benzene rings is 2. The lowest BCUT2D eigenvalue weighted by Gasteiger charge is -2.35. The van der Waals surface area contributed by atoms with Gasteiger partial charge in [-0.15, -0.1) is 0 Å². The Morgan fingerprint density at radius 3 is 2.13 bits per heavy atom. The van der Waals surface area contributed by atoms with Crippen molar-refractivity contribution in [3.8, 4) is 16.9 Å². The van der Waals surface area contributed by atoms with E-state index in [-0.39, 0.29) is 0 Å². The first-order valence-corrected chi connectivity index (χ1v) is 15.3. The summed E-state index contributed by atoms with van der Waals surface area (Å²) in [7, 11) is -0.954. The summed E-state index contributed by atoms with van der Waals surface area (Å²) >= 11 is 6.18. The van der Waals surface area contributed by atoms with Gasteiger partial charge in [-0.1, -0.05) is 62.8 Å². The Hall–Kier alpha value is -1.81. The van der Waals surface area contributed by atoms with Crippen molar-refractivity contribution in [1.82, 2.24) is 9.47 Å². The summed E-state index contributed by atoms with van der Waals surface area (Å²) in [6, 6.07) is 22.5. The molecule has 164 valence electrons. The van der Waals surface area contributed by atoms with E-state index >= 15 is 0 Å². The van der Waals surface area contributed by atoms with Crippen molar-refractivity contribution in [3.63, 3.8) is 0 Å². The Balaban J connectivity index is 1.72. The van der Waals surface area contributed by atoms with Crippen LogP contribution >= 0.6 is 11.6 Å². The third-order valence-electron chi connectivity index (χ3n) is 6.91. The molecule has 3 aromatic rings. The molecule has 4 rings (SSSR count). The maximum absolute atomic E-state index is 6.18. The van der Waals surface area contributed by atoms with Crippen molar-refractivity contribution >= 4 is 19.7 Å². The van der Waals surface area contributed by atoms with Crippen molar-refractivity contribution in [3.05, 3.63) is 76.4 Å². The molecule has 4 heteroatoms. The first kappa shape index (κ1) is 22.4. The molecule has 0 amide bonds. The number of rotatable bonds is 5. The molecule has 2 heterocycles. The first-order chi connectivity index (χ1) is 14.7. The van der Waals surface area contributed by atoms with E-state index < -0.39 is 8.07 Å². The third kappa shape index (κ3) is 5.00. The van der Waals surface area contributed by atoms with Crippen LogP contribution in [0.15, 0.2) is 54.6 Å². The van der Waals surface area contributed by atoms with Crippen LogP contribution in [0.1, 0.15) is 36.6 Å². The van der Waals surface area contributed by atoms with E-state index in [0.717, 1.165) is 11.6 Å². The minimum atomic E-state index is -0.954. The predicted octanol–water partition coefficient (Wildman–Crippen LogP) is 7.75. The van der Waals surface area contributed by atoms with E-state index in [1.807, 2.05) is 12.1 Å². The van der Waals surface area contributed by atoms with Gasteiger partial charge in [0.25, 0.3) is 0 Å². The second-order valence-corrected chi connectivity index (χ2v) is 15.9. The molecule has 0 saturated carbocycles. The maximum Gasteiger partial charge on any atom is 0.0534 e. The summed E-state index contributed by atoms with van der Waals surface area (Å²) in [5.41, 5.74) is 7.82. The van der Waals surface area contributed by atoms with E-state index in [4.69, 9.17) is 11.6 Å². The highest BCUT2D eigenvalue weighted by molar-refractivity contribution is 6.77. The Morgan fingerprint density at radius 2 is 1.55 bits per heavy atom. The molecule has 0 unspecified atom stereocenters. The van der Waals surface area contributed by atoms with Crippen LogP contribution in [0, 0.1) is 6.92 Å². The highest BCUT2D eigenvalue weighted by Crippen LogP contribution is 2.32. The van der Waals surface area contributed by atoms with Gasteiger partial charge in [0.1, 0.15) is 0 Å². The minimum absolute atomic E-state index is 0.540. The molecule has 2 nitrogen and oxygen atoms in total. The lowest BCUT2D eigenvalue weighted by atomic mass is 10.0. The van der Waals surface area contributed by atoms with Crippen LogP contribution in [0.2, 0.25) is 30.2 Å². The van der Waals surface area contributed by atoms with Crippen LogP contribution in [-0.2, 0) is 6.54 Å². The summed E-state index contributed by atoms with van der Waals surface area (Å²) in [4.78, 5) is 2.65. The van der Waals surface area contributed by atoms with Gasteiger partial charge >= 0.3 is 0 Å². The summed E-state index contributed by atoms with van der Waals surface area (Å²) in [6.45, 7) is 15.3. The molecule has 1 aliphatic heterocycles. The second-order valence-electron chi connectivity index (χ2n) is 10.2. The van der Waals surface area contributed by atoms with Gasteiger partial charge in [-0.3, -0.25) is 4.90 Å². The number of hydrogen-bond donors (Lipinski definition) is 0. The van der Waals surface area contributed by atoms with Gasteiger partial charge in [-0.25, -0.2) is 0 Å². The van der Waals surface area contributed by atoms with E-state index in [0.29, 0.717) is 5.92 Å². The summed E-state index contributed by atoms with van der Waals surface area (Å²) < 4.78 is 2.42. The second kappa shape index (κ2) is 8.97. The van der Waals surface area contributed by atoms with Gasteiger partial charge < -0.3 is 4.57 Å². The Bertz CT molecular complexity index is 1020. The average Bonchev–Trinajstić information content (AvgIpc) is 3.06. The van der Waals surface area contributed by atoms with Crippen LogP contribution in [0.3, 0.4) is 0 Å². The van der Waals surface area contributed by atoms with Crippen molar-refractivity contribution in [2.24, 2.45) is 0 Å². The number of halogens is 1.